The fourth-order valence-corrected chi connectivity index (χ4v) is 3.52. The molecule has 1 aliphatic heterocycles. The van der Waals surface area contributed by atoms with Crippen LogP contribution in [0.2, 0.25) is 0 Å². The van der Waals surface area contributed by atoms with Crippen LogP contribution in [0.4, 0.5) is 0 Å². The summed E-state index contributed by atoms with van der Waals surface area (Å²) in [5.74, 6) is 0.312. The first-order valence-electron chi connectivity index (χ1n) is 6.06. The zero-order chi connectivity index (χ0) is 13.1. The third-order valence-electron chi connectivity index (χ3n) is 3.30. The summed E-state index contributed by atoms with van der Waals surface area (Å²) in [5, 5.41) is 2.91. The molecule has 0 aromatic heterocycles. The van der Waals surface area contributed by atoms with Gasteiger partial charge in [-0.1, -0.05) is 13.8 Å². The number of carbonyl (C=O) groups is 1. The summed E-state index contributed by atoms with van der Waals surface area (Å²) < 4.78 is 22.5. The largest absolute Gasteiger partial charge is 0.353 e. The minimum atomic E-state index is -2.87. The number of nitrogens with two attached hydrogens (primary N) is 1. The average Bonchev–Trinajstić information content (AvgIpc) is 2.21. The van der Waals surface area contributed by atoms with E-state index in [2.05, 4.69) is 5.32 Å². The Labute approximate surface area is 103 Å². The van der Waals surface area contributed by atoms with Crippen molar-refractivity contribution in [2.75, 3.05) is 18.1 Å². The van der Waals surface area contributed by atoms with Gasteiger partial charge in [-0.25, -0.2) is 8.42 Å². The summed E-state index contributed by atoms with van der Waals surface area (Å²) in [6, 6.07) is -0.0150. The van der Waals surface area contributed by atoms with Crippen LogP contribution >= 0.6 is 0 Å². The predicted molar refractivity (Wildman–Crippen MR) is 67.2 cm³/mol. The highest BCUT2D eigenvalue weighted by Crippen LogP contribution is 2.14. The van der Waals surface area contributed by atoms with Crippen LogP contribution in [0.25, 0.3) is 0 Å². The van der Waals surface area contributed by atoms with E-state index < -0.39 is 9.84 Å². The highest BCUT2D eigenvalue weighted by atomic mass is 32.2. The van der Waals surface area contributed by atoms with Gasteiger partial charge in [0.1, 0.15) is 9.84 Å². The number of rotatable bonds is 4. The maximum Gasteiger partial charge on any atom is 0.224 e. The molecule has 100 valence electrons. The van der Waals surface area contributed by atoms with Crippen molar-refractivity contribution >= 4 is 15.7 Å². The lowest BCUT2D eigenvalue weighted by atomic mass is 9.94. The number of hydrogen-bond acceptors (Lipinski definition) is 4. The number of hydrogen-bond donors (Lipinski definition) is 2. The molecule has 0 aliphatic carbocycles. The molecule has 0 radical (unpaired) electrons. The number of nitrogens with one attached hydrogen (secondary N) is 1. The van der Waals surface area contributed by atoms with Gasteiger partial charge in [-0.2, -0.15) is 0 Å². The summed E-state index contributed by atoms with van der Waals surface area (Å²) in [4.78, 5) is 11.9. The lowest BCUT2D eigenvalue weighted by Gasteiger charge is -2.26. The van der Waals surface area contributed by atoms with Crippen molar-refractivity contribution in [2.45, 2.75) is 32.7 Å². The van der Waals surface area contributed by atoms with E-state index in [1.165, 1.54) is 0 Å². The Morgan fingerprint density at radius 3 is 2.29 bits per heavy atom. The first-order chi connectivity index (χ1) is 7.85. The van der Waals surface area contributed by atoms with Crippen LogP contribution in [0.5, 0.6) is 0 Å². The first-order valence-corrected chi connectivity index (χ1v) is 7.88. The SMILES string of the molecule is CC(C)C(CN)C(=O)NC1CCS(=O)(=O)CC1. The second kappa shape index (κ2) is 5.82. The van der Waals surface area contributed by atoms with Gasteiger partial charge >= 0.3 is 0 Å². The molecule has 5 nitrogen and oxygen atoms in total. The highest BCUT2D eigenvalue weighted by molar-refractivity contribution is 7.91. The second-order valence-corrected chi connectivity index (χ2v) is 7.32. The molecule has 17 heavy (non-hydrogen) atoms. The maximum absolute atomic E-state index is 11.9. The minimum Gasteiger partial charge on any atom is -0.353 e. The van der Waals surface area contributed by atoms with Gasteiger partial charge in [-0.3, -0.25) is 4.79 Å². The van der Waals surface area contributed by atoms with Crippen molar-refractivity contribution in [3.05, 3.63) is 0 Å². The van der Waals surface area contributed by atoms with Crippen LogP contribution in [0.3, 0.4) is 0 Å². The molecule has 6 heteroatoms. The summed E-state index contributed by atoms with van der Waals surface area (Å²) >= 11 is 0. The summed E-state index contributed by atoms with van der Waals surface area (Å²) in [6.07, 6.45) is 1.03. The third-order valence-corrected chi connectivity index (χ3v) is 5.01. The van der Waals surface area contributed by atoms with Gasteiger partial charge in [0, 0.05) is 12.6 Å². The van der Waals surface area contributed by atoms with E-state index in [9.17, 15) is 13.2 Å². The fourth-order valence-electron chi connectivity index (χ4n) is 2.02. The van der Waals surface area contributed by atoms with Crippen molar-refractivity contribution in [1.82, 2.24) is 5.32 Å². The van der Waals surface area contributed by atoms with Crippen LogP contribution in [-0.4, -0.2) is 38.4 Å². The van der Waals surface area contributed by atoms with E-state index in [1.807, 2.05) is 13.8 Å². The van der Waals surface area contributed by atoms with Gasteiger partial charge in [0.15, 0.2) is 0 Å². The van der Waals surface area contributed by atoms with Crippen molar-refractivity contribution in [2.24, 2.45) is 17.6 Å². The average molecular weight is 262 g/mol. The quantitative estimate of drug-likeness (QED) is 0.741. The monoisotopic (exact) mass is 262 g/mol. The molecule has 1 amide bonds. The van der Waals surface area contributed by atoms with Crippen molar-refractivity contribution in [3.8, 4) is 0 Å². The van der Waals surface area contributed by atoms with E-state index in [1.54, 1.807) is 0 Å². The van der Waals surface area contributed by atoms with Gasteiger partial charge in [0.05, 0.1) is 17.4 Å². The minimum absolute atomic E-state index is 0.0150. The van der Waals surface area contributed by atoms with Gasteiger partial charge in [0.25, 0.3) is 0 Å². The molecule has 1 atom stereocenters. The number of carbonyl (C=O) groups excluding carboxylic acids is 1. The molecule has 1 aliphatic rings. The molecule has 0 saturated carbocycles. The third kappa shape index (κ3) is 4.27. The Morgan fingerprint density at radius 1 is 1.35 bits per heavy atom. The van der Waals surface area contributed by atoms with Gasteiger partial charge < -0.3 is 11.1 Å². The van der Waals surface area contributed by atoms with Crippen LogP contribution in [0, 0.1) is 11.8 Å². The lowest BCUT2D eigenvalue weighted by Crippen LogP contribution is -2.46. The standard InChI is InChI=1S/C11H22N2O3S/c1-8(2)10(7-12)11(14)13-9-3-5-17(15,16)6-4-9/h8-10H,3-7,12H2,1-2H3,(H,13,14). The van der Waals surface area contributed by atoms with Crippen LogP contribution < -0.4 is 11.1 Å². The zero-order valence-electron chi connectivity index (χ0n) is 10.5. The fraction of sp³-hybridized carbons (Fsp3) is 0.909. The van der Waals surface area contributed by atoms with Gasteiger partial charge in [-0.05, 0) is 18.8 Å². The molecule has 0 aromatic carbocycles. The smallest absolute Gasteiger partial charge is 0.224 e. The van der Waals surface area contributed by atoms with E-state index in [-0.39, 0.29) is 35.3 Å². The highest BCUT2D eigenvalue weighted by Gasteiger charge is 2.27. The van der Waals surface area contributed by atoms with Crippen LogP contribution in [0.15, 0.2) is 0 Å². The Kier molecular flexibility index (Phi) is 4.94. The van der Waals surface area contributed by atoms with Gasteiger partial charge in [0.2, 0.25) is 5.91 Å². The summed E-state index contributed by atoms with van der Waals surface area (Å²) in [7, 11) is -2.87. The first kappa shape index (κ1) is 14.4. The molecule has 1 heterocycles. The summed E-state index contributed by atoms with van der Waals surface area (Å²) in [5.41, 5.74) is 5.57. The number of amides is 1. The van der Waals surface area contributed by atoms with E-state index >= 15 is 0 Å². The zero-order valence-corrected chi connectivity index (χ0v) is 11.3. The topological polar surface area (TPSA) is 89.3 Å². The molecule has 0 aromatic rings. The molecular weight excluding hydrogens is 240 g/mol. The van der Waals surface area contributed by atoms with Crippen molar-refractivity contribution in [1.29, 1.82) is 0 Å². The molecule has 1 saturated heterocycles. The van der Waals surface area contributed by atoms with Crippen molar-refractivity contribution in [3.63, 3.8) is 0 Å². The molecule has 1 unspecified atom stereocenters. The molecule has 1 fully saturated rings. The Morgan fingerprint density at radius 2 is 1.88 bits per heavy atom. The Bertz CT molecular complexity index is 351. The van der Waals surface area contributed by atoms with Crippen LogP contribution in [-0.2, 0) is 14.6 Å². The van der Waals surface area contributed by atoms with E-state index in [4.69, 9.17) is 5.73 Å². The second-order valence-electron chi connectivity index (χ2n) is 5.02. The van der Waals surface area contributed by atoms with Gasteiger partial charge in [-0.15, -0.1) is 0 Å². The Hall–Kier alpha value is -0.620. The molecule has 0 bridgehead atoms. The molecular formula is C11H22N2O3S. The van der Waals surface area contributed by atoms with Crippen molar-refractivity contribution < 1.29 is 13.2 Å². The van der Waals surface area contributed by atoms with E-state index in [0.29, 0.717) is 19.4 Å². The molecule has 0 spiro atoms. The summed E-state index contributed by atoms with van der Waals surface area (Å²) in [6.45, 7) is 4.25. The Balaban J connectivity index is 2.47. The normalized spacial score (nSPS) is 22.4. The molecule has 1 rings (SSSR count). The predicted octanol–water partition coefficient (Wildman–Crippen LogP) is -0.0893. The maximum atomic E-state index is 11.9. The number of sulfone groups is 1. The van der Waals surface area contributed by atoms with E-state index in [0.717, 1.165) is 0 Å². The molecule has 3 N–H and O–H groups in total. The van der Waals surface area contributed by atoms with Crippen LogP contribution in [0.1, 0.15) is 26.7 Å². The lowest BCUT2D eigenvalue weighted by molar-refractivity contribution is -0.126.